The molecule has 114 valence electrons. The fourth-order valence-corrected chi connectivity index (χ4v) is 12.9. The molecule has 3 nitrogen and oxygen atoms in total. The van der Waals surface area contributed by atoms with Crippen molar-refractivity contribution in [3.63, 3.8) is 0 Å². The molecule has 1 rings (SSSR count). The third-order valence-electron chi connectivity index (χ3n) is 4.30. The number of hydrogen-bond acceptors (Lipinski definition) is 3. The van der Waals surface area contributed by atoms with E-state index in [4.69, 9.17) is 0 Å². The molecule has 0 aromatic carbocycles. The Balaban J connectivity index is 2.88. The van der Waals surface area contributed by atoms with E-state index < -0.39 is 16.5 Å². The lowest BCUT2D eigenvalue weighted by Crippen LogP contribution is -2.63. The number of nitrogens with zero attached hydrogens (tertiary/aromatic N) is 3. The minimum atomic E-state index is -1.23. The van der Waals surface area contributed by atoms with Crippen LogP contribution in [0.4, 0.5) is 0 Å². The van der Waals surface area contributed by atoms with Crippen molar-refractivity contribution >= 4 is 16.5 Å². The van der Waals surface area contributed by atoms with Crippen LogP contribution >= 0.6 is 0 Å². The molecular formula is C14H35N3Si2. The van der Waals surface area contributed by atoms with Crippen LogP contribution in [0.5, 0.6) is 0 Å². The molecule has 0 N–H and O–H groups in total. The van der Waals surface area contributed by atoms with Crippen LogP contribution in [0.25, 0.3) is 0 Å². The van der Waals surface area contributed by atoms with Crippen molar-refractivity contribution in [2.24, 2.45) is 0 Å². The Labute approximate surface area is 123 Å². The number of hydrogen-bond donors (Lipinski definition) is 0. The maximum Gasteiger partial charge on any atom is 0.112 e. The predicted octanol–water partition coefficient (Wildman–Crippen LogP) is 2.94. The van der Waals surface area contributed by atoms with Crippen LogP contribution in [0.1, 0.15) is 13.8 Å². The molecule has 0 spiro atoms. The maximum atomic E-state index is 2.93. The average molecular weight is 302 g/mol. The maximum absolute atomic E-state index is 2.93. The average Bonchev–Trinajstić information content (AvgIpc) is 2.64. The quantitative estimate of drug-likeness (QED) is 0.698. The first kappa shape index (κ1) is 17.4. The normalized spacial score (nSPS) is 20.7. The van der Waals surface area contributed by atoms with Gasteiger partial charge in [0.05, 0.1) is 6.17 Å². The van der Waals surface area contributed by atoms with Crippen LogP contribution < -0.4 is 0 Å². The summed E-state index contributed by atoms with van der Waals surface area (Å²) in [6, 6.07) is 0. The van der Waals surface area contributed by atoms with Crippen molar-refractivity contribution in [2.75, 3.05) is 32.7 Å². The highest BCUT2D eigenvalue weighted by atomic mass is 28.4. The van der Waals surface area contributed by atoms with E-state index in [0.29, 0.717) is 6.17 Å². The van der Waals surface area contributed by atoms with Crippen molar-refractivity contribution in [2.45, 2.75) is 59.3 Å². The molecule has 0 saturated carbocycles. The Morgan fingerprint density at radius 2 is 1.21 bits per heavy atom. The van der Waals surface area contributed by atoms with Crippen LogP contribution in [-0.2, 0) is 0 Å². The highest BCUT2D eigenvalue weighted by molar-refractivity contribution is 6.89. The minimum absolute atomic E-state index is 0.647. The van der Waals surface area contributed by atoms with Gasteiger partial charge in [0.2, 0.25) is 0 Å². The first-order valence-electron chi connectivity index (χ1n) is 7.87. The van der Waals surface area contributed by atoms with Crippen LogP contribution in [0.15, 0.2) is 0 Å². The second-order valence-corrected chi connectivity index (χ2v) is 17.9. The highest BCUT2D eigenvalue weighted by Gasteiger charge is 2.39. The molecule has 1 heterocycles. The summed E-state index contributed by atoms with van der Waals surface area (Å²) in [5.74, 6) is 0. The van der Waals surface area contributed by atoms with Gasteiger partial charge in [0.15, 0.2) is 0 Å². The largest absolute Gasteiger partial charge is 0.343 e. The summed E-state index contributed by atoms with van der Waals surface area (Å²) in [4.78, 5) is 5.33. The van der Waals surface area contributed by atoms with Crippen molar-refractivity contribution in [3.8, 4) is 0 Å². The molecule has 0 radical (unpaired) electrons. The molecule has 1 saturated heterocycles. The molecule has 0 aromatic heterocycles. The Morgan fingerprint density at radius 1 is 0.842 bits per heavy atom. The van der Waals surface area contributed by atoms with Crippen molar-refractivity contribution < 1.29 is 0 Å². The van der Waals surface area contributed by atoms with E-state index in [1.165, 1.54) is 32.7 Å². The van der Waals surface area contributed by atoms with Crippen LogP contribution in [0.3, 0.4) is 0 Å². The van der Waals surface area contributed by atoms with Crippen LogP contribution in [-0.4, -0.2) is 69.4 Å². The molecule has 1 aliphatic heterocycles. The van der Waals surface area contributed by atoms with Gasteiger partial charge in [-0.15, -0.1) is 0 Å². The third kappa shape index (κ3) is 4.39. The molecule has 0 aromatic rings. The fraction of sp³-hybridized carbons (Fsp3) is 1.00. The Morgan fingerprint density at radius 3 is 1.47 bits per heavy atom. The standard InChI is InChI=1S/C14H35N3Si2/c1-9-15-11-12-16(10-2)14(15)13-17(18(3,4)5)19(6,7)8/h14H,9-13H2,1-8H3. The van der Waals surface area contributed by atoms with Gasteiger partial charge in [-0.3, -0.25) is 9.80 Å². The van der Waals surface area contributed by atoms with E-state index in [2.05, 4.69) is 67.2 Å². The summed E-state index contributed by atoms with van der Waals surface area (Å²) in [6.07, 6.45) is 0.647. The summed E-state index contributed by atoms with van der Waals surface area (Å²) >= 11 is 0. The van der Waals surface area contributed by atoms with Crippen LogP contribution in [0, 0.1) is 0 Å². The first-order valence-corrected chi connectivity index (χ1v) is 14.8. The zero-order chi connectivity index (χ0) is 14.8. The first-order chi connectivity index (χ1) is 8.61. The van der Waals surface area contributed by atoms with Gasteiger partial charge >= 0.3 is 0 Å². The second kappa shape index (κ2) is 6.39. The molecule has 1 aliphatic rings. The lowest BCUT2D eigenvalue weighted by molar-refractivity contribution is 0.134. The lowest BCUT2D eigenvalue weighted by atomic mass is 10.4. The van der Waals surface area contributed by atoms with Gasteiger partial charge in [-0.05, 0) is 13.1 Å². The van der Waals surface area contributed by atoms with Crippen molar-refractivity contribution in [1.82, 2.24) is 14.0 Å². The van der Waals surface area contributed by atoms with Crippen LogP contribution in [0.2, 0.25) is 39.3 Å². The van der Waals surface area contributed by atoms with Gasteiger partial charge in [0, 0.05) is 19.6 Å². The molecule has 5 heteroatoms. The lowest BCUT2D eigenvalue weighted by Gasteiger charge is -2.47. The van der Waals surface area contributed by atoms with Gasteiger partial charge in [0.1, 0.15) is 16.5 Å². The smallest absolute Gasteiger partial charge is 0.112 e. The molecule has 0 amide bonds. The summed E-state index contributed by atoms with van der Waals surface area (Å²) in [6.45, 7) is 25.8. The van der Waals surface area contributed by atoms with E-state index in [-0.39, 0.29) is 0 Å². The van der Waals surface area contributed by atoms with Gasteiger partial charge in [-0.25, -0.2) is 0 Å². The fourth-order valence-electron chi connectivity index (χ4n) is 3.47. The number of rotatable bonds is 6. The molecule has 0 bridgehead atoms. The molecule has 19 heavy (non-hydrogen) atoms. The van der Waals surface area contributed by atoms with Crippen molar-refractivity contribution in [3.05, 3.63) is 0 Å². The molecule has 0 atom stereocenters. The molecule has 0 unspecified atom stereocenters. The second-order valence-electron chi connectivity index (χ2n) is 7.69. The monoisotopic (exact) mass is 301 g/mol. The minimum Gasteiger partial charge on any atom is -0.343 e. The van der Waals surface area contributed by atoms with E-state index in [0.717, 1.165) is 0 Å². The summed E-state index contributed by atoms with van der Waals surface area (Å²) in [5, 5.41) is 0. The zero-order valence-corrected chi connectivity index (χ0v) is 16.5. The van der Waals surface area contributed by atoms with E-state index in [9.17, 15) is 0 Å². The Kier molecular flexibility index (Phi) is 5.84. The third-order valence-corrected chi connectivity index (χ3v) is 11.9. The predicted molar refractivity (Wildman–Crippen MR) is 91.7 cm³/mol. The summed E-state index contributed by atoms with van der Waals surface area (Å²) in [7, 11) is -2.47. The Bertz CT molecular complexity index is 257. The summed E-state index contributed by atoms with van der Waals surface area (Å²) < 4.78 is 2.93. The highest BCUT2D eigenvalue weighted by Crippen LogP contribution is 2.24. The molecule has 0 aliphatic carbocycles. The van der Waals surface area contributed by atoms with Gasteiger partial charge in [-0.1, -0.05) is 53.1 Å². The SMILES string of the molecule is CCN1CCN(CC)C1CN([Si](C)(C)C)[Si](C)(C)C. The summed E-state index contributed by atoms with van der Waals surface area (Å²) in [5.41, 5.74) is 0. The zero-order valence-electron chi connectivity index (χ0n) is 14.5. The molecule has 1 fully saturated rings. The number of likely N-dealkylation sites (N-methyl/N-ethyl adjacent to an activating group) is 2. The Hall–Kier alpha value is 0.314. The topological polar surface area (TPSA) is 9.72 Å². The van der Waals surface area contributed by atoms with Gasteiger partial charge < -0.3 is 4.23 Å². The van der Waals surface area contributed by atoms with Crippen molar-refractivity contribution in [1.29, 1.82) is 0 Å². The molecular weight excluding hydrogens is 266 g/mol. The van der Waals surface area contributed by atoms with Gasteiger partial charge in [-0.2, -0.15) is 0 Å². The van der Waals surface area contributed by atoms with Gasteiger partial charge in [0.25, 0.3) is 0 Å². The van der Waals surface area contributed by atoms with E-state index >= 15 is 0 Å². The van der Waals surface area contributed by atoms with E-state index in [1.54, 1.807) is 0 Å². The van der Waals surface area contributed by atoms with E-state index in [1.807, 2.05) is 0 Å².